The van der Waals surface area contributed by atoms with Gasteiger partial charge in [0.2, 0.25) is 0 Å². The van der Waals surface area contributed by atoms with Gasteiger partial charge in [0, 0.05) is 10.6 Å². The molecule has 0 saturated heterocycles. The van der Waals surface area contributed by atoms with Crippen LogP contribution < -0.4 is 0 Å². The van der Waals surface area contributed by atoms with Crippen LogP contribution in [0.25, 0.3) is 22.9 Å². The fourth-order valence-corrected chi connectivity index (χ4v) is 2.34. The number of hydrogen-bond donors (Lipinski definition) is 1. The molecular formula is C18H13ClO. The van der Waals surface area contributed by atoms with Crippen molar-refractivity contribution in [3.8, 4) is 5.75 Å². The molecule has 3 aromatic rings. The van der Waals surface area contributed by atoms with Gasteiger partial charge in [-0.05, 0) is 34.5 Å². The van der Waals surface area contributed by atoms with E-state index in [1.807, 2.05) is 66.7 Å². The first kappa shape index (κ1) is 12.8. The van der Waals surface area contributed by atoms with Crippen molar-refractivity contribution < 1.29 is 5.11 Å². The standard InChI is InChI=1S/C18H13ClO/c19-15-9-5-13(6-10-15)7-11-17-16-4-2-1-3-14(16)8-12-18(17)20/h1-12,20H/b11-7+. The molecule has 0 atom stereocenters. The van der Waals surface area contributed by atoms with Crippen molar-refractivity contribution in [3.05, 3.63) is 76.8 Å². The third kappa shape index (κ3) is 2.54. The number of aromatic hydroxyl groups is 1. The predicted molar refractivity (Wildman–Crippen MR) is 86.0 cm³/mol. The Morgan fingerprint density at radius 3 is 2.35 bits per heavy atom. The van der Waals surface area contributed by atoms with Gasteiger partial charge in [-0.15, -0.1) is 0 Å². The Morgan fingerprint density at radius 1 is 0.800 bits per heavy atom. The number of halogens is 1. The van der Waals surface area contributed by atoms with E-state index in [-0.39, 0.29) is 5.75 Å². The normalized spacial score (nSPS) is 11.2. The van der Waals surface area contributed by atoms with Crippen molar-refractivity contribution in [1.82, 2.24) is 0 Å². The molecule has 0 aromatic heterocycles. The molecule has 1 N–H and O–H groups in total. The molecule has 0 aliphatic heterocycles. The lowest BCUT2D eigenvalue weighted by Gasteiger charge is -2.05. The molecule has 0 saturated carbocycles. The summed E-state index contributed by atoms with van der Waals surface area (Å²) in [6.45, 7) is 0. The maximum Gasteiger partial charge on any atom is 0.123 e. The van der Waals surface area contributed by atoms with Gasteiger partial charge in [-0.3, -0.25) is 0 Å². The summed E-state index contributed by atoms with van der Waals surface area (Å²) in [6, 6.07) is 19.3. The van der Waals surface area contributed by atoms with Crippen LogP contribution >= 0.6 is 11.6 Å². The van der Waals surface area contributed by atoms with Crippen LogP contribution in [0.15, 0.2) is 60.7 Å². The summed E-state index contributed by atoms with van der Waals surface area (Å²) in [7, 11) is 0. The van der Waals surface area contributed by atoms with Crippen LogP contribution in [-0.2, 0) is 0 Å². The second-order valence-electron chi connectivity index (χ2n) is 4.60. The van der Waals surface area contributed by atoms with Gasteiger partial charge in [0.25, 0.3) is 0 Å². The molecule has 98 valence electrons. The van der Waals surface area contributed by atoms with E-state index >= 15 is 0 Å². The Balaban J connectivity index is 2.06. The van der Waals surface area contributed by atoms with Crippen molar-refractivity contribution in [1.29, 1.82) is 0 Å². The van der Waals surface area contributed by atoms with Crippen molar-refractivity contribution in [2.75, 3.05) is 0 Å². The topological polar surface area (TPSA) is 20.2 Å². The van der Waals surface area contributed by atoms with Crippen LogP contribution in [0.3, 0.4) is 0 Å². The van der Waals surface area contributed by atoms with Crippen molar-refractivity contribution in [2.45, 2.75) is 0 Å². The van der Waals surface area contributed by atoms with E-state index in [1.54, 1.807) is 6.07 Å². The van der Waals surface area contributed by atoms with Crippen molar-refractivity contribution in [2.24, 2.45) is 0 Å². The third-order valence-corrected chi connectivity index (χ3v) is 3.51. The van der Waals surface area contributed by atoms with Crippen LogP contribution in [0, 0.1) is 0 Å². The Hall–Kier alpha value is -2.25. The fourth-order valence-electron chi connectivity index (χ4n) is 2.21. The van der Waals surface area contributed by atoms with Gasteiger partial charge in [-0.25, -0.2) is 0 Å². The second kappa shape index (κ2) is 5.40. The van der Waals surface area contributed by atoms with Crippen molar-refractivity contribution in [3.63, 3.8) is 0 Å². The molecule has 2 heteroatoms. The number of benzene rings is 3. The molecule has 3 aromatic carbocycles. The zero-order valence-corrected chi connectivity index (χ0v) is 11.5. The third-order valence-electron chi connectivity index (χ3n) is 3.26. The number of fused-ring (bicyclic) bond motifs is 1. The smallest absolute Gasteiger partial charge is 0.123 e. The molecule has 3 rings (SSSR count). The fraction of sp³-hybridized carbons (Fsp3) is 0. The van der Waals surface area contributed by atoms with E-state index in [0.29, 0.717) is 0 Å². The molecule has 0 aliphatic carbocycles. The van der Waals surface area contributed by atoms with Crippen molar-refractivity contribution >= 4 is 34.5 Å². The van der Waals surface area contributed by atoms with E-state index in [1.165, 1.54) is 0 Å². The van der Waals surface area contributed by atoms with Crippen LogP contribution in [0.2, 0.25) is 5.02 Å². The first-order valence-electron chi connectivity index (χ1n) is 6.38. The quantitative estimate of drug-likeness (QED) is 0.626. The highest BCUT2D eigenvalue weighted by Gasteiger charge is 2.03. The lowest BCUT2D eigenvalue weighted by atomic mass is 10.0. The molecule has 0 amide bonds. The predicted octanol–water partition coefficient (Wildman–Crippen LogP) is 5.37. The highest BCUT2D eigenvalue weighted by molar-refractivity contribution is 6.30. The van der Waals surface area contributed by atoms with Crippen LogP contribution in [-0.4, -0.2) is 5.11 Å². The first-order chi connectivity index (χ1) is 9.74. The summed E-state index contributed by atoms with van der Waals surface area (Å²) in [6.07, 6.45) is 3.90. The monoisotopic (exact) mass is 280 g/mol. The Morgan fingerprint density at radius 2 is 1.55 bits per heavy atom. The average molecular weight is 281 g/mol. The Kier molecular flexibility index (Phi) is 3.44. The van der Waals surface area contributed by atoms with Crippen LogP contribution in [0.4, 0.5) is 0 Å². The maximum atomic E-state index is 10.1. The highest BCUT2D eigenvalue weighted by atomic mass is 35.5. The minimum absolute atomic E-state index is 0.286. The lowest BCUT2D eigenvalue weighted by Crippen LogP contribution is -1.80. The number of phenolic OH excluding ortho intramolecular Hbond substituents is 1. The van der Waals surface area contributed by atoms with E-state index < -0.39 is 0 Å². The zero-order valence-electron chi connectivity index (χ0n) is 10.8. The molecule has 0 bridgehead atoms. The lowest BCUT2D eigenvalue weighted by molar-refractivity contribution is 0.475. The van der Waals surface area contributed by atoms with Gasteiger partial charge in [0.1, 0.15) is 5.75 Å². The Bertz CT molecular complexity index is 773. The summed E-state index contributed by atoms with van der Waals surface area (Å²) in [5, 5.41) is 12.9. The second-order valence-corrected chi connectivity index (χ2v) is 5.04. The largest absolute Gasteiger partial charge is 0.507 e. The van der Waals surface area contributed by atoms with Gasteiger partial charge >= 0.3 is 0 Å². The summed E-state index contributed by atoms with van der Waals surface area (Å²) in [5.74, 6) is 0.286. The molecule has 0 fully saturated rings. The summed E-state index contributed by atoms with van der Waals surface area (Å²) < 4.78 is 0. The summed E-state index contributed by atoms with van der Waals surface area (Å²) in [4.78, 5) is 0. The minimum Gasteiger partial charge on any atom is -0.507 e. The SMILES string of the molecule is Oc1ccc2ccccc2c1/C=C/c1ccc(Cl)cc1. The van der Waals surface area contributed by atoms with E-state index in [9.17, 15) is 5.11 Å². The molecule has 0 aliphatic rings. The van der Waals surface area contributed by atoms with Crippen LogP contribution in [0.1, 0.15) is 11.1 Å². The molecule has 1 nitrogen and oxygen atoms in total. The van der Waals surface area contributed by atoms with Crippen LogP contribution in [0.5, 0.6) is 5.75 Å². The summed E-state index contributed by atoms with van der Waals surface area (Å²) >= 11 is 5.87. The maximum absolute atomic E-state index is 10.1. The number of hydrogen-bond acceptors (Lipinski definition) is 1. The van der Waals surface area contributed by atoms with Gasteiger partial charge < -0.3 is 5.11 Å². The molecular weight excluding hydrogens is 268 g/mol. The number of rotatable bonds is 2. The minimum atomic E-state index is 0.286. The molecule has 20 heavy (non-hydrogen) atoms. The van der Waals surface area contributed by atoms with E-state index in [4.69, 9.17) is 11.6 Å². The Labute approximate surface area is 122 Å². The zero-order chi connectivity index (χ0) is 13.9. The molecule has 0 spiro atoms. The highest BCUT2D eigenvalue weighted by Crippen LogP contribution is 2.28. The van der Waals surface area contributed by atoms with Gasteiger partial charge in [0.15, 0.2) is 0 Å². The average Bonchev–Trinajstić information content (AvgIpc) is 2.48. The molecule has 0 heterocycles. The van der Waals surface area contributed by atoms with E-state index in [0.717, 1.165) is 26.9 Å². The van der Waals surface area contributed by atoms with E-state index in [2.05, 4.69) is 0 Å². The van der Waals surface area contributed by atoms with Gasteiger partial charge in [-0.2, -0.15) is 0 Å². The summed E-state index contributed by atoms with van der Waals surface area (Å²) in [5.41, 5.74) is 1.87. The molecule has 0 radical (unpaired) electrons. The first-order valence-corrected chi connectivity index (χ1v) is 6.76. The number of phenols is 1. The molecule has 0 unspecified atom stereocenters. The van der Waals surface area contributed by atoms with Gasteiger partial charge in [-0.1, -0.05) is 66.2 Å². The van der Waals surface area contributed by atoms with Gasteiger partial charge in [0.05, 0.1) is 0 Å².